The molecule has 3 rings (SSSR count). The van der Waals surface area contributed by atoms with Crippen LogP contribution < -0.4 is 5.32 Å². The molecule has 126 valence electrons. The van der Waals surface area contributed by atoms with Gasteiger partial charge in [0.05, 0.1) is 0 Å². The highest BCUT2D eigenvalue weighted by molar-refractivity contribution is 7.98. The van der Waals surface area contributed by atoms with Crippen LogP contribution in [0.25, 0.3) is 0 Å². The van der Waals surface area contributed by atoms with Crippen molar-refractivity contribution in [1.82, 2.24) is 9.80 Å². The monoisotopic (exact) mass is 333 g/mol. The van der Waals surface area contributed by atoms with E-state index in [0.29, 0.717) is 5.92 Å². The molecule has 0 saturated carbocycles. The van der Waals surface area contributed by atoms with Gasteiger partial charge in [-0.15, -0.1) is 11.8 Å². The molecule has 1 aromatic rings. The highest BCUT2D eigenvalue weighted by atomic mass is 32.2. The van der Waals surface area contributed by atoms with Crippen LogP contribution in [-0.2, 0) is 0 Å². The quantitative estimate of drug-likeness (QED) is 0.853. The van der Waals surface area contributed by atoms with Gasteiger partial charge < -0.3 is 15.1 Å². The van der Waals surface area contributed by atoms with Crippen LogP contribution in [-0.4, -0.2) is 54.8 Å². The van der Waals surface area contributed by atoms with E-state index in [1.54, 1.807) is 11.8 Å². The molecule has 0 spiro atoms. The number of hydrogen-bond acceptors (Lipinski definition) is 3. The van der Waals surface area contributed by atoms with E-state index >= 15 is 0 Å². The predicted octanol–water partition coefficient (Wildman–Crippen LogP) is 3.75. The van der Waals surface area contributed by atoms with Crippen LogP contribution in [0, 0.1) is 5.92 Å². The number of anilines is 1. The van der Waals surface area contributed by atoms with Crippen molar-refractivity contribution in [3.8, 4) is 0 Å². The van der Waals surface area contributed by atoms with Crippen molar-refractivity contribution in [2.24, 2.45) is 5.92 Å². The minimum Gasteiger partial charge on any atom is -0.324 e. The molecule has 1 N–H and O–H groups in total. The van der Waals surface area contributed by atoms with Gasteiger partial charge in [-0.2, -0.15) is 0 Å². The van der Waals surface area contributed by atoms with E-state index in [1.165, 1.54) is 37.2 Å². The second-order valence-electron chi connectivity index (χ2n) is 6.62. The molecule has 0 radical (unpaired) electrons. The first-order valence-corrected chi connectivity index (χ1v) is 9.89. The van der Waals surface area contributed by atoms with Crippen molar-refractivity contribution in [2.75, 3.05) is 44.3 Å². The number of nitrogens with one attached hydrogen (secondary N) is 1. The van der Waals surface area contributed by atoms with Gasteiger partial charge in [0.2, 0.25) is 0 Å². The van der Waals surface area contributed by atoms with Crippen LogP contribution in [0.1, 0.15) is 25.7 Å². The summed E-state index contributed by atoms with van der Waals surface area (Å²) in [6.45, 7) is 5.42. The summed E-state index contributed by atoms with van der Waals surface area (Å²) in [7, 11) is 0. The molecular formula is C18H27N3OS. The van der Waals surface area contributed by atoms with E-state index in [9.17, 15) is 4.79 Å². The normalized spacial score (nSPS) is 22.3. The molecule has 1 atom stereocenters. The van der Waals surface area contributed by atoms with Gasteiger partial charge in [-0.3, -0.25) is 0 Å². The van der Waals surface area contributed by atoms with Gasteiger partial charge in [-0.25, -0.2) is 4.79 Å². The summed E-state index contributed by atoms with van der Waals surface area (Å²) in [5, 5.41) is 3.02. The van der Waals surface area contributed by atoms with Crippen molar-refractivity contribution >= 4 is 23.5 Å². The minimum absolute atomic E-state index is 0.0445. The molecule has 23 heavy (non-hydrogen) atoms. The summed E-state index contributed by atoms with van der Waals surface area (Å²) >= 11 is 1.71. The van der Waals surface area contributed by atoms with Crippen molar-refractivity contribution < 1.29 is 4.79 Å². The van der Waals surface area contributed by atoms with Gasteiger partial charge in [0, 0.05) is 30.2 Å². The summed E-state index contributed by atoms with van der Waals surface area (Å²) in [5.41, 5.74) is 0.882. The van der Waals surface area contributed by atoms with Crippen LogP contribution in [0.3, 0.4) is 0 Å². The zero-order chi connectivity index (χ0) is 16.1. The number of urea groups is 1. The van der Waals surface area contributed by atoms with Gasteiger partial charge in [0.25, 0.3) is 0 Å². The molecule has 2 saturated heterocycles. The standard InChI is InChI=1S/C18H27N3OS/c1-23-17-7-5-16(6-8-17)19-18(22)21-12-9-15(14-21)13-20-10-3-2-4-11-20/h5-8,15H,2-4,9-14H2,1H3,(H,19,22). The number of nitrogens with zero attached hydrogens (tertiary/aromatic N) is 2. The van der Waals surface area contributed by atoms with Crippen molar-refractivity contribution in [2.45, 2.75) is 30.6 Å². The molecule has 1 unspecified atom stereocenters. The minimum atomic E-state index is 0.0445. The Labute approximate surface area is 143 Å². The van der Waals surface area contributed by atoms with Gasteiger partial charge in [-0.1, -0.05) is 6.42 Å². The maximum absolute atomic E-state index is 12.4. The number of amides is 2. The molecule has 2 aliphatic rings. The third-order valence-electron chi connectivity index (χ3n) is 4.88. The predicted molar refractivity (Wildman–Crippen MR) is 97.2 cm³/mol. The summed E-state index contributed by atoms with van der Waals surface area (Å²) in [6, 6.07) is 8.09. The third kappa shape index (κ3) is 4.64. The van der Waals surface area contributed by atoms with Gasteiger partial charge >= 0.3 is 6.03 Å². The Morgan fingerprint density at radius 2 is 1.91 bits per heavy atom. The smallest absolute Gasteiger partial charge is 0.321 e. The third-order valence-corrected chi connectivity index (χ3v) is 5.62. The van der Waals surface area contributed by atoms with Gasteiger partial charge in [0.15, 0.2) is 0 Å². The number of benzene rings is 1. The van der Waals surface area contributed by atoms with E-state index in [1.807, 2.05) is 29.2 Å². The molecule has 0 aliphatic carbocycles. The fourth-order valence-corrected chi connectivity index (χ4v) is 3.96. The first kappa shape index (κ1) is 16.7. The SMILES string of the molecule is CSc1ccc(NC(=O)N2CCC(CN3CCCCC3)C2)cc1. The Bertz CT molecular complexity index is 514. The van der Waals surface area contributed by atoms with E-state index in [0.717, 1.165) is 31.7 Å². The van der Waals surface area contributed by atoms with Crippen LogP contribution in [0.15, 0.2) is 29.2 Å². The number of piperidine rings is 1. The Hall–Kier alpha value is -1.20. The van der Waals surface area contributed by atoms with Gasteiger partial charge in [-0.05, 0) is 68.8 Å². The lowest BCUT2D eigenvalue weighted by atomic mass is 10.1. The van der Waals surface area contributed by atoms with Gasteiger partial charge in [0.1, 0.15) is 0 Å². The van der Waals surface area contributed by atoms with E-state index in [4.69, 9.17) is 0 Å². The molecule has 4 nitrogen and oxygen atoms in total. The van der Waals surface area contributed by atoms with E-state index < -0.39 is 0 Å². The topological polar surface area (TPSA) is 35.6 Å². The molecular weight excluding hydrogens is 306 g/mol. The van der Waals surface area contributed by atoms with Crippen molar-refractivity contribution in [1.29, 1.82) is 0 Å². The Morgan fingerprint density at radius 3 is 2.61 bits per heavy atom. The molecule has 0 aromatic heterocycles. The molecule has 0 bridgehead atoms. The summed E-state index contributed by atoms with van der Waals surface area (Å²) in [6.07, 6.45) is 7.24. The second kappa shape index (κ2) is 8.06. The first-order valence-electron chi connectivity index (χ1n) is 8.67. The number of rotatable bonds is 4. The number of thioether (sulfide) groups is 1. The number of carbonyl (C=O) groups is 1. The molecule has 2 fully saturated rings. The van der Waals surface area contributed by atoms with Crippen LogP contribution in [0.4, 0.5) is 10.5 Å². The molecule has 2 aliphatic heterocycles. The van der Waals surface area contributed by atoms with E-state index in [2.05, 4.69) is 16.5 Å². The maximum atomic E-state index is 12.4. The fraction of sp³-hybridized carbons (Fsp3) is 0.611. The fourth-order valence-electron chi connectivity index (χ4n) is 3.55. The lowest BCUT2D eigenvalue weighted by molar-refractivity contribution is 0.192. The zero-order valence-corrected chi connectivity index (χ0v) is 14.8. The average Bonchev–Trinajstić information content (AvgIpc) is 3.05. The summed E-state index contributed by atoms with van der Waals surface area (Å²) in [5.74, 6) is 0.637. The summed E-state index contributed by atoms with van der Waals surface area (Å²) in [4.78, 5) is 18.2. The molecule has 5 heteroatoms. The molecule has 1 aromatic carbocycles. The Morgan fingerprint density at radius 1 is 1.17 bits per heavy atom. The van der Waals surface area contributed by atoms with Crippen LogP contribution >= 0.6 is 11.8 Å². The highest BCUT2D eigenvalue weighted by Gasteiger charge is 2.28. The van der Waals surface area contributed by atoms with Crippen LogP contribution in [0.5, 0.6) is 0 Å². The lowest BCUT2D eigenvalue weighted by Gasteiger charge is -2.29. The van der Waals surface area contributed by atoms with E-state index in [-0.39, 0.29) is 6.03 Å². The lowest BCUT2D eigenvalue weighted by Crippen LogP contribution is -2.37. The maximum Gasteiger partial charge on any atom is 0.321 e. The Balaban J connectivity index is 1.46. The Kier molecular flexibility index (Phi) is 5.84. The largest absolute Gasteiger partial charge is 0.324 e. The number of likely N-dealkylation sites (tertiary alicyclic amines) is 2. The first-order chi connectivity index (χ1) is 11.2. The van der Waals surface area contributed by atoms with Crippen molar-refractivity contribution in [3.05, 3.63) is 24.3 Å². The van der Waals surface area contributed by atoms with Crippen LogP contribution in [0.2, 0.25) is 0 Å². The molecule has 2 heterocycles. The zero-order valence-electron chi connectivity index (χ0n) is 14.0. The summed E-state index contributed by atoms with van der Waals surface area (Å²) < 4.78 is 0. The molecule has 2 amide bonds. The highest BCUT2D eigenvalue weighted by Crippen LogP contribution is 2.22. The number of carbonyl (C=O) groups excluding carboxylic acids is 1. The number of hydrogen-bond donors (Lipinski definition) is 1. The second-order valence-corrected chi connectivity index (χ2v) is 7.50. The van der Waals surface area contributed by atoms with Crippen molar-refractivity contribution in [3.63, 3.8) is 0 Å². The average molecular weight is 334 g/mol.